The molecule has 0 aromatic heterocycles. The highest BCUT2D eigenvalue weighted by Gasteiger charge is 2.15. The van der Waals surface area contributed by atoms with E-state index in [0.717, 1.165) is 6.08 Å². The number of hydrogen-bond acceptors (Lipinski definition) is 7. The molecular formula is C18H20O8. The number of carboxylic acids is 1. The van der Waals surface area contributed by atoms with Crippen molar-refractivity contribution in [3.05, 3.63) is 42.0 Å². The Morgan fingerprint density at radius 2 is 1.73 bits per heavy atom. The highest BCUT2D eigenvalue weighted by atomic mass is 16.6. The number of methoxy groups -OCH3 is 1. The van der Waals surface area contributed by atoms with E-state index >= 15 is 0 Å². The van der Waals surface area contributed by atoms with E-state index in [2.05, 4.69) is 0 Å². The van der Waals surface area contributed by atoms with Gasteiger partial charge in [0.05, 0.1) is 19.6 Å². The monoisotopic (exact) mass is 364 g/mol. The molecule has 0 heterocycles. The van der Waals surface area contributed by atoms with E-state index in [4.69, 9.17) is 19.3 Å². The first-order valence-corrected chi connectivity index (χ1v) is 7.78. The third-order valence-corrected chi connectivity index (χ3v) is 3.17. The molecule has 0 fully saturated rings. The van der Waals surface area contributed by atoms with Crippen LogP contribution in [0.25, 0.3) is 0 Å². The molecule has 0 radical (unpaired) electrons. The van der Waals surface area contributed by atoms with Gasteiger partial charge in [0.2, 0.25) is 0 Å². The van der Waals surface area contributed by atoms with Crippen molar-refractivity contribution in [2.24, 2.45) is 0 Å². The van der Waals surface area contributed by atoms with Crippen molar-refractivity contribution < 1.29 is 38.5 Å². The van der Waals surface area contributed by atoms with Crippen molar-refractivity contribution >= 4 is 23.9 Å². The second-order valence-electron chi connectivity index (χ2n) is 5.33. The average Bonchev–Trinajstić information content (AvgIpc) is 2.58. The van der Waals surface area contributed by atoms with Gasteiger partial charge in [0.25, 0.3) is 0 Å². The second-order valence-corrected chi connectivity index (χ2v) is 5.33. The second kappa shape index (κ2) is 10.7. The van der Waals surface area contributed by atoms with Gasteiger partial charge in [-0.1, -0.05) is 12.1 Å². The molecule has 8 nitrogen and oxygen atoms in total. The van der Waals surface area contributed by atoms with Crippen molar-refractivity contribution in [2.45, 2.75) is 32.3 Å². The number of ether oxygens (including phenoxy) is 3. The molecule has 0 aliphatic carbocycles. The van der Waals surface area contributed by atoms with E-state index in [-0.39, 0.29) is 19.3 Å². The van der Waals surface area contributed by atoms with Crippen molar-refractivity contribution in [1.29, 1.82) is 0 Å². The Balaban J connectivity index is 2.32. The van der Waals surface area contributed by atoms with Crippen molar-refractivity contribution in [1.82, 2.24) is 0 Å². The van der Waals surface area contributed by atoms with Gasteiger partial charge in [-0.2, -0.15) is 0 Å². The molecule has 1 aromatic rings. The number of aliphatic carboxylic acids is 1. The number of carbonyl (C=O) groups is 4. The van der Waals surface area contributed by atoms with Crippen LogP contribution in [0.3, 0.4) is 0 Å². The molecule has 0 aliphatic rings. The number of carbonyl (C=O) groups excluding carboxylic acids is 3. The summed E-state index contributed by atoms with van der Waals surface area (Å²) in [7, 11) is 1.53. The molecule has 0 saturated heterocycles. The van der Waals surface area contributed by atoms with Gasteiger partial charge in [0, 0.05) is 18.6 Å². The summed E-state index contributed by atoms with van der Waals surface area (Å²) in [6.45, 7) is 1.54. The molecule has 0 aliphatic heterocycles. The summed E-state index contributed by atoms with van der Waals surface area (Å²) in [6, 6.07) is 6.77. The summed E-state index contributed by atoms with van der Waals surface area (Å²) in [5.74, 6) is -2.86. The molecular weight excluding hydrogens is 344 g/mol. The zero-order valence-corrected chi connectivity index (χ0v) is 14.5. The third kappa shape index (κ3) is 8.62. The van der Waals surface area contributed by atoms with Crippen molar-refractivity contribution in [3.8, 4) is 5.75 Å². The van der Waals surface area contributed by atoms with Crippen LogP contribution in [0.4, 0.5) is 0 Å². The molecule has 26 heavy (non-hydrogen) atoms. The van der Waals surface area contributed by atoms with Crippen LogP contribution < -0.4 is 4.74 Å². The summed E-state index contributed by atoms with van der Waals surface area (Å²) in [5, 5.41) is 8.39. The SMILES string of the molecule is COc1ccc(CC(=O)OC(=O)CCC(C)OC(=O)/C=C\C(=O)O)cc1. The van der Waals surface area contributed by atoms with Crippen LogP contribution in [-0.2, 0) is 35.1 Å². The zero-order valence-electron chi connectivity index (χ0n) is 14.5. The molecule has 140 valence electrons. The minimum Gasteiger partial charge on any atom is -0.497 e. The highest BCUT2D eigenvalue weighted by Crippen LogP contribution is 2.12. The summed E-state index contributed by atoms with van der Waals surface area (Å²) < 4.78 is 14.6. The van der Waals surface area contributed by atoms with Crippen LogP contribution in [0.5, 0.6) is 5.75 Å². The van der Waals surface area contributed by atoms with Gasteiger partial charge >= 0.3 is 23.9 Å². The standard InChI is InChI=1S/C18H20O8/c1-12(25-16(21)10-8-15(19)20)3-9-17(22)26-18(23)11-13-4-6-14(24-2)7-5-13/h4-8,10,12H,3,9,11H2,1-2H3,(H,19,20)/b10-8-. The number of rotatable bonds is 9. The Morgan fingerprint density at radius 1 is 1.08 bits per heavy atom. The molecule has 1 rings (SSSR count). The maximum atomic E-state index is 11.7. The van der Waals surface area contributed by atoms with Gasteiger partial charge in [-0.15, -0.1) is 0 Å². The lowest BCUT2D eigenvalue weighted by atomic mass is 10.1. The first-order valence-electron chi connectivity index (χ1n) is 7.78. The molecule has 1 N–H and O–H groups in total. The summed E-state index contributed by atoms with van der Waals surface area (Å²) in [5.41, 5.74) is 0.677. The van der Waals surface area contributed by atoms with Crippen LogP contribution in [0.15, 0.2) is 36.4 Å². The average molecular weight is 364 g/mol. The van der Waals surface area contributed by atoms with Crippen LogP contribution in [-0.4, -0.2) is 42.2 Å². The van der Waals surface area contributed by atoms with E-state index < -0.39 is 30.0 Å². The third-order valence-electron chi connectivity index (χ3n) is 3.17. The summed E-state index contributed by atoms with van der Waals surface area (Å²) >= 11 is 0. The highest BCUT2D eigenvalue weighted by molar-refractivity contribution is 5.90. The Labute approximate surface area is 150 Å². The van der Waals surface area contributed by atoms with Crippen LogP contribution in [0.2, 0.25) is 0 Å². The fraction of sp³-hybridized carbons (Fsp3) is 0.333. The van der Waals surface area contributed by atoms with Gasteiger partial charge in [0.15, 0.2) is 0 Å². The Hall–Kier alpha value is -3.16. The maximum Gasteiger partial charge on any atom is 0.331 e. The molecule has 1 atom stereocenters. The Morgan fingerprint density at radius 3 is 2.31 bits per heavy atom. The van der Waals surface area contributed by atoms with Crippen molar-refractivity contribution in [3.63, 3.8) is 0 Å². The topological polar surface area (TPSA) is 116 Å². The largest absolute Gasteiger partial charge is 0.497 e. The molecule has 1 unspecified atom stereocenters. The van der Waals surface area contributed by atoms with E-state index in [9.17, 15) is 19.2 Å². The fourth-order valence-corrected chi connectivity index (χ4v) is 1.88. The molecule has 8 heteroatoms. The predicted octanol–water partition coefficient (Wildman–Crippen LogP) is 1.66. The van der Waals surface area contributed by atoms with E-state index in [1.165, 1.54) is 7.11 Å². The smallest absolute Gasteiger partial charge is 0.331 e. The number of esters is 3. The predicted molar refractivity (Wildman–Crippen MR) is 89.4 cm³/mol. The minimum atomic E-state index is -1.27. The first kappa shape index (κ1) is 20.9. The zero-order chi connectivity index (χ0) is 19.5. The quantitative estimate of drug-likeness (QED) is 0.399. The molecule has 1 aromatic carbocycles. The van der Waals surface area contributed by atoms with Gasteiger partial charge in [-0.25, -0.2) is 9.59 Å². The van der Waals surface area contributed by atoms with E-state index in [0.29, 0.717) is 17.4 Å². The number of hydrogen-bond donors (Lipinski definition) is 1. The number of benzene rings is 1. The lowest BCUT2D eigenvalue weighted by molar-refractivity contribution is -0.160. The van der Waals surface area contributed by atoms with Gasteiger partial charge in [-0.05, 0) is 31.0 Å². The maximum absolute atomic E-state index is 11.7. The fourth-order valence-electron chi connectivity index (χ4n) is 1.88. The number of carboxylic acid groups (broad SMARTS) is 1. The van der Waals surface area contributed by atoms with Gasteiger partial charge in [-0.3, -0.25) is 9.59 Å². The van der Waals surface area contributed by atoms with Gasteiger partial charge < -0.3 is 19.3 Å². The molecule has 0 saturated carbocycles. The van der Waals surface area contributed by atoms with Crippen molar-refractivity contribution in [2.75, 3.05) is 7.11 Å². The normalized spacial score (nSPS) is 11.6. The molecule has 0 spiro atoms. The Bertz CT molecular complexity index is 675. The summed E-state index contributed by atoms with van der Waals surface area (Å²) in [6.07, 6.45) is 0.758. The lowest BCUT2D eigenvalue weighted by Crippen LogP contribution is -2.18. The Kier molecular flexibility index (Phi) is 8.56. The molecule has 0 bridgehead atoms. The van der Waals surface area contributed by atoms with E-state index in [1.54, 1.807) is 31.2 Å². The lowest BCUT2D eigenvalue weighted by Gasteiger charge is -2.11. The minimum absolute atomic E-state index is 0.0553. The molecule has 0 amide bonds. The van der Waals surface area contributed by atoms with Gasteiger partial charge in [0.1, 0.15) is 5.75 Å². The van der Waals surface area contributed by atoms with Crippen LogP contribution in [0.1, 0.15) is 25.3 Å². The summed E-state index contributed by atoms with van der Waals surface area (Å²) in [4.78, 5) is 44.9. The van der Waals surface area contributed by atoms with Crippen LogP contribution >= 0.6 is 0 Å². The van der Waals surface area contributed by atoms with E-state index in [1.807, 2.05) is 0 Å². The first-order chi connectivity index (χ1) is 12.3. The van der Waals surface area contributed by atoms with Crippen LogP contribution in [0, 0.1) is 0 Å².